The number of alkyl carbamates (subject to hydrolysis) is 1. The first kappa shape index (κ1) is 20.8. The minimum Gasteiger partial charge on any atom is -0.465 e. The Kier molecular flexibility index (Phi) is 10.1. The van der Waals surface area contributed by atoms with Crippen LogP contribution in [0.1, 0.15) is 44.6 Å². The maximum atomic E-state index is 12.1. The Labute approximate surface area is 148 Å². The van der Waals surface area contributed by atoms with Gasteiger partial charge in [-0.2, -0.15) is 0 Å². The first-order valence-electron chi connectivity index (χ1n) is 8.66. The number of nitrogens with one attached hydrogen (secondary N) is 1. The lowest BCUT2D eigenvalue weighted by Crippen LogP contribution is -2.51. The maximum Gasteiger partial charge on any atom is 0.409 e. The summed E-state index contributed by atoms with van der Waals surface area (Å²) < 4.78 is 5.18. The van der Waals surface area contributed by atoms with Crippen molar-refractivity contribution in [1.29, 1.82) is 0 Å². The van der Waals surface area contributed by atoms with Crippen LogP contribution in [0.4, 0.5) is 9.59 Å². The monoisotopic (exact) mass is 352 g/mol. The Morgan fingerprint density at radius 1 is 1.20 bits per heavy atom. The molecule has 0 spiro atoms. The number of benzene rings is 1. The van der Waals surface area contributed by atoms with E-state index in [1.54, 1.807) is 0 Å². The summed E-state index contributed by atoms with van der Waals surface area (Å²) in [4.78, 5) is 24.7. The van der Waals surface area contributed by atoms with Crippen molar-refractivity contribution in [2.45, 2.75) is 51.8 Å². The molecule has 1 unspecified atom stereocenters. The number of amides is 2. The molecule has 0 saturated carbocycles. The molecule has 1 atom stereocenters. The van der Waals surface area contributed by atoms with Crippen molar-refractivity contribution in [3.63, 3.8) is 0 Å². The van der Waals surface area contributed by atoms with E-state index < -0.39 is 18.4 Å². The van der Waals surface area contributed by atoms with Gasteiger partial charge in [0, 0.05) is 13.2 Å². The fraction of sp³-hybridized carbons (Fsp3) is 0.556. The van der Waals surface area contributed by atoms with Gasteiger partial charge >= 0.3 is 12.2 Å². The van der Waals surface area contributed by atoms with Gasteiger partial charge in [0.2, 0.25) is 0 Å². The van der Waals surface area contributed by atoms with Gasteiger partial charge in [0.25, 0.3) is 0 Å². The van der Waals surface area contributed by atoms with Crippen LogP contribution in [-0.2, 0) is 11.3 Å². The summed E-state index contributed by atoms with van der Waals surface area (Å²) in [6.07, 6.45) is 1.11. The van der Waals surface area contributed by atoms with Crippen LogP contribution in [0.2, 0.25) is 0 Å². The Bertz CT molecular complexity index is 509. The first-order valence-corrected chi connectivity index (χ1v) is 8.66. The average Bonchev–Trinajstić information content (AvgIpc) is 2.61. The number of unbranched alkanes of at least 4 members (excludes halogenated alkanes) is 2. The number of rotatable bonds is 11. The molecule has 0 heterocycles. The van der Waals surface area contributed by atoms with Gasteiger partial charge in [-0.3, -0.25) is 4.90 Å². The normalized spacial score (nSPS) is 11.6. The van der Waals surface area contributed by atoms with E-state index >= 15 is 0 Å². The maximum absolute atomic E-state index is 12.1. The highest BCUT2D eigenvalue weighted by atomic mass is 16.5. The first-order chi connectivity index (χ1) is 12.1. The molecule has 0 bridgehead atoms. The van der Waals surface area contributed by atoms with E-state index in [9.17, 15) is 14.7 Å². The fourth-order valence-electron chi connectivity index (χ4n) is 2.42. The van der Waals surface area contributed by atoms with Crippen molar-refractivity contribution in [3.8, 4) is 0 Å². The van der Waals surface area contributed by atoms with Crippen molar-refractivity contribution >= 4 is 12.2 Å². The van der Waals surface area contributed by atoms with E-state index in [2.05, 4.69) is 12.2 Å². The highest BCUT2D eigenvalue weighted by Gasteiger charge is 2.24. The zero-order valence-corrected chi connectivity index (χ0v) is 14.7. The third-order valence-corrected chi connectivity index (χ3v) is 3.76. The lowest BCUT2D eigenvalue weighted by Gasteiger charge is -2.29. The second-order valence-electron chi connectivity index (χ2n) is 5.77. The molecule has 2 amide bonds. The third-order valence-electron chi connectivity index (χ3n) is 3.76. The number of aliphatic hydroxyl groups excluding tert-OH is 1. The molecule has 0 aliphatic carbocycles. The van der Waals surface area contributed by atoms with Crippen molar-refractivity contribution in [1.82, 2.24) is 10.2 Å². The molecule has 25 heavy (non-hydrogen) atoms. The van der Waals surface area contributed by atoms with Crippen LogP contribution in [0.5, 0.6) is 0 Å². The average molecular weight is 352 g/mol. The molecule has 0 saturated heterocycles. The molecular weight excluding hydrogens is 324 g/mol. The van der Waals surface area contributed by atoms with Crippen LogP contribution in [0.3, 0.4) is 0 Å². The number of ether oxygens (including phenoxy) is 1. The Morgan fingerprint density at radius 2 is 1.92 bits per heavy atom. The van der Waals surface area contributed by atoms with E-state index in [-0.39, 0.29) is 19.8 Å². The lowest BCUT2D eigenvalue weighted by molar-refractivity contribution is 0.0904. The molecule has 0 fully saturated rings. The molecule has 7 nitrogen and oxygen atoms in total. The summed E-state index contributed by atoms with van der Waals surface area (Å²) in [7, 11) is 0. The topological polar surface area (TPSA) is 99.1 Å². The van der Waals surface area contributed by atoms with Crippen LogP contribution >= 0.6 is 0 Å². The van der Waals surface area contributed by atoms with Crippen molar-refractivity contribution in [3.05, 3.63) is 35.9 Å². The van der Waals surface area contributed by atoms with Crippen LogP contribution < -0.4 is 5.32 Å². The van der Waals surface area contributed by atoms with E-state index in [1.165, 1.54) is 0 Å². The zero-order chi connectivity index (χ0) is 18.5. The highest BCUT2D eigenvalue weighted by Crippen LogP contribution is 2.10. The Morgan fingerprint density at radius 3 is 2.52 bits per heavy atom. The smallest absolute Gasteiger partial charge is 0.409 e. The number of carbonyl (C=O) groups excluding carboxylic acids is 1. The Hall–Kier alpha value is -2.28. The van der Waals surface area contributed by atoms with Gasteiger partial charge in [-0.05, 0) is 24.8 Å². The van der Waals surface area contributed by atoms with Gasteiger partial charge in [0.05, 0.1) is 0 Å². The minimum atomic E-state index is -1.13. The quantitative estimate of drug-likeness (QED) is 0.420. The van der Waals surface area contributed by atoms with E-state index in [0.717, 1.165) is 29.7 Å². The molecular formula is C18H28N2O5. The summed E-state index contributed by atoms with van der Waals surface area (Å²) in [5, 5.41) is 21.0. The summed E-state index contributed by atoms with van der Waals surface area (Å²) in [6.45, 7) is 2.22. The molecule has 7 heteroatoms. The van der Waals surface area contributed by atoms with Gasteiger partial charge < -0.3 is 20.3 Å². The van der Waals surface area contributed by atoms with E-state index in [0.29, 0.717) is 12.8 Å². The number of nitrogens with zero attached hydrogens (tertiary/aromatic N) is 1. The predicted octanol–water partition coefficient (Wildman–Crippen LogP) is 3.18. The lowest BCUT2D eigenvalue weighted by atomic mass is 10.1. The Balaban J connectivity index is 2.63. The minimum absolute atomic E-state index is 0.107. The third kappa shape index (κ3) is 8.39. The number of hydrogen-bond acceptors (Lipinski definition) is 4. The largest absolute Gasteiger partial charge is 0.465 e. The number of carboxylic acid groups (broad SMARTS) is 1. The molecule has 1 aromatic rings. The van der Waals surface area contributed by atoms with Crippen LogP contribution in [0, 0.1) is 0 Å². The number of carbonyl (C=O) groups is 2. The summed E-state index contributed by atoms with van der Waals surface area (Å²) in [5.41, 5.74) is 0.857. The predicted molar refractivity (Wildman–Crippen MR) is 94.1 cm³/mol. The van der Waals surface area contributed by atoms with Gasteiger partial charge in [0.1, 0.15) is 12.8 Å². The second-order valence-corrected chi connectivity index (χ2v) is 5.77. The molecule has 0 radical (unpaired) electrons. The van der Waals surface area contributed by atoms with Crippen molar-refractivity contribution < 1.29 is 24.5 Å². The van der Waals surface area contributed by atoms with E-state index in [1.807, 2.05) is 30.3 Å². The molecule has 140 valence electrons. The molecule has 1 aromatic carbocycles. The van der Waals surface area contributed by atoms with E-state index in [4.69, 9.17) is 9.84 Å². The molecule has 1 rings (SSSR count). The van der Waals surface area contributed by atoms with Crippen LogP contribution in [0.25, 0.3) is 0 Å². The summed E-state index contributed by atoms with van der Waals surface area (Å²) in [5.74, 6) is 0. The number of hydrogen-bond donors (Lipinski definition) is 3. The zero-order valence-electron chi connectivity index (χ0n) is 14.7. The second kappa shape index (κ2) is 12.1. The molecule has 0 aliphatic heterocycles. The molecule has 0 aromatic heterocycles. The number of aliphatic hydroxyl groups is 1. The highest BCUT2D eigenvalue weighted by molar-refractivity contribution is 5.70. The van der Waals surface area contributed by atoms with Gasteiger partial charge in [-0.1, -0.05) is 50.1 Å². The fourth-order valence-corrected chi connectivity index (χ4v) is 2.42. The molecule has 0 aliphatic rings. The van der Waals surface area contributed by atoms with Gasteiger partial charge in [0.15, 0.2) is 0 Å². The van der Waals surface area contributed by atoms with Crippen LogP contribution in [-0.4, -0.2) is 46.6 Å². The van der Waals surface area contributed by atoms with Crippen LogP contribution in [0.15, 0.2) is 30.3 Å². The van der Waals surface area contributed by atoms with Gasteiger partial charge in [-0.15, -0.1) is 0 Å². The summed E-state index contributed by atoms with van der Waals surface area (Å²) >= 11 is 0. The SMILES string of the molecule is CCCCCC(NC(=O)OCc1ccccc1)N(CCCO)C(=O)O. The van der Waals surface area contributed by atoms with Crippen molar-refractivity contribution in [2.24, 2.45) is 0 Å². The summed E-state index contributed by atoms with van der Waals surface area (Å²) in [6, 6.07) is 9.27. The van der Waals surface area contributed by atoms with Crippen molar-refractivity contribution in [2.75, 3.05) is 13.2 Å². The standard InChI is InChI=1S/C18H28N2O5/c1-2-3-5-11-16(20(18(23)24)12-8-13-21)19-17(22)25-14-15-9-6-4-7-10-15/h4,6-7,9-10,16,21H,2-3,5,8,11-14H2,1H3,(H,19,22)(H,23,24). The molecule has 3 N–H and O–H groups in total. The van der Waals surface area contributed by atoms with Gasteiger partial charge in [-0.25, -0.2) is 9.59 Å².